The van der Waals surface area contributed by atoms with Gasteiger partial charge in [0, 0.05) is 24.7 Å². The smallest absolute Gasteiger partial charge is 0.315 e. The molecule has 0 saturated heterocycles. The quantitative estimate of drug-likeness (QED) is 0.783. The molecule has 0 aliphatic carbocycles. The van der Waals surface area contributed by atoms with Gasteiger partial charge >= 0.3 is 6.03 Å². The first-order valence-electron chi connectivity index (χ1n) is 8.83. The van der Waals surface area contributed by atoms with Crippen molar-refractivity contribution in [2.24, 2.45) is 0 Å². The molecule has 0 spiro atoms. The Bertz CT molecular complexity index is 798. The number of nitrogens with zero attached hydrogens (tertiary/aromatic N) is 1. The maximum absolute atomic E-state index is 13.6. The second-order valence-electron chi connectivity index (χ2n) is 6.63. The first kappa shape index (κ1) is 19.0. The Morgan fingerprint density at radius 2 is 1.89 bits per heavy atom. The van der Waals surface area contributed by atoms with Gasteiger partial charge in [-0.2, -0.15) is 0 Å². The summed E-state index contributed by atoms with van der Waals surface area (Å²) in [7, 11) is 3.92. The number of para-hydroxylation sites is 1. The molecule has 2 aromatic rings. The van der Waals surface area contributed by atoms with Crippen molar-refractivity contribution >= 4 is 6.03 Å². The summed E-state index contributed by atoms with van der Waals surface area (Å²) in [5.74, 6) is 1.19. The fraction of sp³-hybridized carbons (Fsp3) is 0.350. The van der Waals surface area contributed by atoms with Crippen LogP contribution < -0.4 is 20.1 Å². The minimum atomic E-state index is -0.331. The fourth-order valence-electron chi connectivity index (χ4n) is 2.93. The number of fused-ring (bicyclic) bond motifs is 1. The van der Waals surface area contributed by atoms with Crippen LogP contribution in [0.25, 0.3) is 0 Å². The molecule has 1 atom stereocenters. The van der Waals surface area contributed by atoms with E-state index < -0.39 is 0 Å². The van der Waals surface area contributed by atoms with Crippen LogP contribution in [0.1, 0.15) is 11.1 Å². The van der Waals surface area contributed by atoms with Crippen molar-refractivity contribution in [2.45, 2.75) is 19.0 Å². The van der Waals surface area contributed by atoms with Crippen molar-refractivity contribution in [3.8, 4) is 11.5 Å². The fourth-order valence-corrected chi connectivity index (χ4v) is 2.93. The van der Waals surface area contributed by atoms with E-state index in [1.165, 1.54) is 6.07 Å². The van der Waals surface area contributed by atoms with Gasteiger partial charge in [-0.25, -0.2) is 9.18 Å². The van der Waals surface area contributed by atoms with Gasteiger partial charge in [0.15, 0.2) is 11.5 Å². The van der Waals surface area contributed by atoms with Crippen LogP contribution in [0.5, 0.6) is 11.5 Å². The number of halogens is 1. The highest BCUT2D eigenvalue weighted by Gasteiger charge is 2.21. The molecule has 1 heterocycles. The lowest BCUT2D eigenvalue weighted by Gasteiger charge is -2.25. The lowest BCUT2D eigenvalue weighted by Crippen LogP contribution is -2.45. The molecule has 0 unspecified atom stereocenters. The maximum atomic E-state index is 13.6. The summed E-state index contributed by atoms with van der Waals surface area (Å²) >= 11 is 0. The largest absolute Gasteiger partial charge is 0.454 e. The highest BCUT2D eigenvalue weighted by atomic mass is 19.1. The number of amides is 2. The lowest BCUT2D eigenvalue weighted by atomic mass is 10.0. The van der Waals surface area contributed by atoms with Crippen LogP contribution >= 0.6 is 0 Å². The minimum absolute atomic E-state index is 0.0694. The zero-order chi connectivity index (χ0) is 19.2. The summed E-state index contributed by atoms with van der Waals surface area (Å²) in [5.41, 5.74) is 1.49. The number of urea groups is 1. The monoisotopic (exact) mass is 373 g/mol. The Morgan fingerprint density at radius 1 is 1.11 bits per heavy atom. The van der Waals surface area contributed by atoms with Gasteiger partial charge in [0.25, 0.3) is 0 Å². The van der Waals surface area contributed by atoms with Gasteiger partial charge in [0.1, 0.15) is 5.82 Å². The van der Waals surface area contributed by atoms with E-state index in [2.05, 4.69) is 10.6 Å². The van der Waals surface area contributed by atoms with Gasteiger partial charge in [0.2, 0.25) is 6.79 Å². The van der Waals surface area contributed by atoms with Gasteiger partial charge in [-0.1, -0.05) is 30.3 Å². The molecular formula is C20H24FN3O3. The number of carbonyl (C=O) groups excluding carboxylic acids is 1. The third-order valence-corrected chi connectivity index (χ3v) is 4.56. The van der Waals surface area contributed by atoms with Crippen molar-refractivity contribution in [3.05, 3.63) is 59.4 Å². The van der Waals surface area contributed by atoms with Crippen molar-refractivity contribution in [3.63, 3.8) is 0 Å². The molecular weight excluding hydrogens is 349 g/mol. The molecule has 0 bridgehead atoms. The van der Waals surface area contributed by atoms with E-state index in [0.717, 1.165) is 17.1 Å². The standard InChI is InChI=1S/C20H24FN3O3/c1-24(2)16(10-14-7-5-9-18-19(14)27-13-26-18)12-23-20(25)22-11-15-6-3-4-8-17(15)21/h3-9,16H,10-13H2,1-2H3,(H2,22,23,25)/t16-/m0/s1. The second kappa shape index (κ2) is 8.73. The average molecular weight is 373 g/mol. The maximum Gasteiger partial charge on any atom is 0.315 e. The third-order valence-electron chi connectivity index (χ3n) is 4.56. The van der Waals surface area contributed by atoms with Gasteiger partial charge in [0.05, 0.1) is 0 Å². The highest BCUT2D eigenvalue weighted by molar-refractivity contribution is 5.73. The summed E-state index contributed by atoms with van der Waals surface area (Å²) < 4.78 is 24.6. The molecule has 0 fully saturated rings. The predicted octanol–water partition coefficient (Wildman–Crippen LogP) is 2.53. The van der Waals surface area contributed by atoms with Gasteiger partial charge < -0.3 is 25.0 Å². The third kappa shape index (κ3) is 4.89. The normalized spacial score (nSPS) is 13.5. The molecule has 0 radical (unpaired) electrons. The molecule has 27 heavy (non-hydrogen) atoms. The van der Waals surface area contributed by atoms with Gasteiger partial charge in [-0.3, -0.25) is 0 Å². The summed E-state index contributed by atoms with van der Waals surface area (Å²) in [4.78, 5) is 14.1. The number of benzene rings is 2. The van der Waals surface area contributed by atoms with E-state index in [9.17, 15) is 9.18 Å². The molecule has 144 valence electrons. The van der Waals surface area contributed by atoms with Crippen LogP contribution in [0.15, 0.2) is 42.5 Å². The van der Waals surface area contributed by atoms with E-state index in [1.807, 2.05) is 37.2 Å². The van der Waals surface area contributed by atoms with Crippen molar-refractivity contribution < 1.29 is 18.7 Å². The van der Waals surface area contributed by atoms with Crippen LogP contribution in [0.3, 0.4) is 0 Å². The number of hydrogen-bond acceptors (Lipinski definition) is 4. The zero-order valence-electron chi connectivity index (χ0n) is 15.5. The van der Waals surface area contributed by atoms with Crippen molar-refractivity contribution in [1.82, 2.24) is 15.5 Å². The Morgan fingerprint density at radius 3 is 2.67 bits per heavy atom. The molecule has 1 aliphatic heterocycles. The number of carbonyl (C=O) groups is 1. The molecule has 6 nitrogen and oxygen atoms in total. The second-order valence-corrected chi connectivity index (χ2v) is 6.63. The molecule has 7 heteroatoms. The van der Waals surface area contributed by atoms with E-state index in [4.69, 9.17) is 9.47 Å². The Labute approximate surface area is 158 Å². The lowest BCUT2D eigenvalue weighted by molar-refractivity contribution is 0.172. The van der Waals surface area contributed by atoms with Crippen molar-refractivity contribution in [2.75, 3.05) is 27.4 Å². The number of ether oxygens (including phenoxy) is 2. The molecule has 2 aromatic carbocycles. The van der Waals surface area contributed by atoms with E-state index in [-0.39, 0.29) is 31.2 Å². The number of likely N-dealkylation sites (N-methyl/N-ethyl adjacent to an activating group) is 1. The Kier molecular flexibility index (Phi) is 6.13. The molecule has 3 rings (SSSR count). The molecule has 0 aromatic heterocycles. The Hall–Kier alpha value is -2.80. The number of rotatable bonds is 7. The van der Waals surface area contributed by atoms with Crippen LogP contribution in [-0.2, 0) is 13.0 Å². The van der Waals surface area contributed by atoms with Gasteiger partial charge in [-0.05, 0) is 38.2 Å². The SMILES string of the molecule is CN(C)[C@H](CNC(=O)NCc1ccccc1F)Cc1cccc2c1OCO2. The first-order chi connectivity index (χ1) is 13.0. The number of nitrogens with one attached hydrogen (secondary N) is 2. The summed E-state index contributed by atoms with van der Waals surface area (Å²) in [6.45, 7) is 0.818. The zero-order valence-corrected chi connectivity index (χ0v) is 15.5. The topological polar surface area (TPSA) is 62.8 Å². The molecule has 1 aliphatic rings. The van der Waals surface area contributed by atoms with Crippen LogP contribution in [0, 0.1) is 5.82 Å². The van der Waals surface area contributed by atoms with E-state index >= 15 is 0 Å². The minimum Gasteiger partial charge on any atom is -0.454 e. The summed E-state index contributed by atoms with van der Waals surface area (Å²) in [5, 5.41) is 5.54. The van der Waals surface area contributed by atoms with Gasteiger partial charge in [-0.15, -0.1) is 0 Å². The number of hydrogen-bond donors (Lipinski definition) is 2. The van der Waals surface area contributed by atoms with E-state index in [0.29, 0.717) is 18.5 Å². The predicted molar refractivity (Wildman–Crippen MR) is 100 cm³/mol. The molecule has 2 N–H and O–H groups in total. The molecule has 0 saturated carbocycles. The first-order valence-corrected chi connectivity index (χ1v) is 8.83. The van der Waals surface area contributed by atoms with Crippen LogP contribution in [0.4, 0.5) is 9.18 Å². The summed E-state index contributed by atoms with van der Waals surface area (Å²) in [6.07, 6.45) is 0.702. The summed E-state index contributed by atoms with van der Waals surface area (Å²) in [6, 6.07) is 11.9. The van der Waals surface area contributed by atoms with E-state index in [1.54, 1.807) is 18.2 Å². The van der Waals surface area contributed by atoms with Crippen LogP contribution in [0.2, 0.25) is 0 Å². The van der Waals surface area contributed by atoms with Crippen molar-refractivity contribution in [1.29, 1.82) is 0 Å². The molecule has 2 amide bonds. The van der Waals surface area contributed by atoms with Crippen LogP contribution in [-0.4, -0.2) is 44.4 Å². The highest BCUT2D eigenvalue weighted by Crippen LogP contribution is 2.36. The Balaban J connectivity index is 1.53. The average Bonchev–Trinajstić information content (AvgIpc) is 3.13.